The minimum absolute atomic E-state index is 0.170. The molecule has 1 fully saturated rings. The molecule has 0 aliphatic carbocycles. The van der Waals surface area contributed by atoms with Gasteiger partial charge < -0.3 is 10.0 Å². The number of amides is 1. The number of nitrogens with zero attached hydrogens (tertiary/aromatic N) is 4. The third kappa shape index (κ3) is 2.95. The van der Waals surface area contributed by atoms with Crippen LogP contribution in [0.3, 0.4) is 0 Å². The molecule has 0 radical (unpaired) electrons. The number of carbonyl (C=O) groups is 2. The zero-order valence-electron chi connectivity index (χ0n) is 15.9. The molecule has 1 saturated heterocycles. The minimum atomic E-state index is -0.848. The molecule has 0 bridgehead atoms. The molecule has 140 valence electrons. The summed E-state index contributed by atoms with van der Waals surface area (Å²) in [5.74, 6) is -0.977. The molecule has 0 aromatic carbocycles. The van der Waals surface area contributed by atoms with Gasteiger partial charge in [0.25, 0.3) is 5.91 Å². The molecule has 1 amide bonds. The van der Waals surface area contributed by atoms with Crippen LogP contribution in [0.5, 0.6) is 0 Å². The lowest BCUT2D eigenvalue weighted by Gasteiger charge is -2.39. The van der Waals surface area contributed by atoms with E-state index in [0.29, 0.717) is 42.7 Å². The number of piperidine rings is 1. The van der Waals surface area contributed by atoms with E-state index in [-0.39, 0.29) is 12.5 Å². The normalized spacial score (nSPS) is 20.5. The van der Waals surface area contributed by atoms with Gasteiger partial charge >= 0.3 is 5.97 Å². The minimum Gasteiger partial charge on any atom is -0.481 e. The van der Waals surface area contributed by atoms with E-state index < -0.39 is 11.4 Å². The fourth-order valence-electron chi connectivity index (χ4n) is 4.10. The molecule has 26 heavy (non-hydrogen) atoms. The van der Waals surface area contributed by atoms with Gasteiger partial charge in [0.1, 0.15) is 5.56 Å². The van der Waals surface area contributed by atoms with Crippen LogP contribution in [0.1, 0.15) is 60.0 Å². The van der Waals surface area contributed by atoms with Crippen molar-refractivity contribution in [3.05, 3.63) is 28.7 Å². The highest BCUT2D eigenvalue weighted by Gasteiger charge is 2.43. The van der Waals surface area contributed by atoms with Crippen molar-refractivity contribution in [1.29, 1.82) is 0 Å². The largest absolute Gasteiger partial charge is 0.481 e. The van der Waals surface area contributed by atoms with Crippen molar-refractivity contribution in [3.8, 4) is 0 Å². The van der Waals surface area contributed by atoms with E-state index in [2.05, 4.69) is 10.1 Å². The second kappa shape index (κ2) is 6.70. The fraction of sp³-hybridized carbons (Fsp3) is 0.579. The summed E-state index contributed by atoms with van der Waals surface area (Å²) >= 11 is 0. The molecule has 0 saturated carbocycles. The van der Waals surface area contributed by atoms with Gasteiger partial charge in [-0.15, -0.1) is 0 Å². The zero-order valence-corrected chi connectivity index (χ0v) is 15.9. The summed E-state index contributed by atoms with van der Waals surface area (Å²) in [7, 11) is 0. The lowest BCUT2D eigenvalue weighted by atomic mass is 9.76. The van der Waals surface area contributed by atoms with Crippen LogP contribution in [-0.2, 0) is 4.79 Å². The Labute approximate surface area is 153 Å². The maximum Gasteiger partial charge on any atom is 0.311 e. The number of carboxylic acids is 1. The lowest BCUT2D eigenvalue weighted by Crippen LogP contribution is -2.50. The molecule has 0 unspecified atom stereocenters. The number of carboxylic acid groups (broad SMARTS) is 1. The predicted molar refractivity (Wildman–Crippen MR) is 97.3 cm³/mol. The maximum atomic E-state index is 13.3. The molecule has 1 aliphatic rings. The van der Waals surface area contributed by atoms with Crippen LogP contribution in [0.4, 0.5) is 0 Å². The van der Waals surface area contributed by atoms with Crippen LogP contribution in [0.2, 0.25) is 0 Å². The number of rotatable bonds is 4. The average molecular weight is 358 g/mol. The fourth-order valence-corrected chi connectivity index (χ4v) is 4.10. The smallest absolute Gasteiger partial charge is 0.311 e. The predicted octanol–water partition coefficient (Wildman–Crippen LogP) is 2.76. The SMILES string of the molecule is CCC[C@@]1(C(=O)O)CCCN(C(=O)c2c(C)nn3c(C)cc(C)nc23)C1. The Morgan fingerprint density at radius 2 is 2.04 bits per heavy atom. The van der Waals surface area contributed by atoms with E-state index in [9.17, 15) is 14.7 Å². The summed E-state index contributed by atoms with van der Waals surface area (Å²) in [6.45, 7) is 8.42. The molecule has 7 heteroatoms. The molecule has 2 aromatic rings. The monoisotopic (exact) mass is 358 g/mol. The molecule has 3 heterocycles. The van der Waals surface area contributed by atoms with Crippen LogP contribution in [0.25, 0.3) is 5.65 Å². The summed E-state index contributed by atoms with van der Waals surface area (Å²) in [6.07, 6.45) is 2.67. The van der Waals surface area contributed by atoms with Crippen LogP contribution in [-0.4, -0.2) is 49.6 Å². The summed E-state index contributed by atoms with van der Waals surface area (Å²) in [5.41, 5.74) is 2.55. The highest BCUT2D eigenvalue weighted by Crippen LogP contribution is 2.36. The third-order valence-electron chi connectivity index (χ3n) is 5.33. The number of aryl methyl sites for hydroxylation is 3. The Kier molecular flexibility index (Phi) is 4.73. The van der Waals surface area contributed by atoms with Gasteiger partial charge in [-0.25, -0.2) is 9.50 Å². The Hall–Kier alpha value is -2.44. The molecule has 1 atom stereocenters. The first-order chi connectivity index (χ1) is 12.3. The number of aliphatic carboxylic acids is 1. The first-order valence-electron chi connectivity index (χ1n) is 9.15. The van der Waals surface area contributed by atoms with Crippen molar-refractivity contribution in [2.24, 2.45) is 5.41 Å². The van der Waals surface area contributed by atoms with E-state index in [1.807, 2.05) is 26.8 Å². The van der Waals surface area contributed by atoms with Gasteiger partial charge in [-0.2, -0.15) is 5.10 Å². The van der Waals surface area contributed by atoms with Crippen molar-refractivity contribution in [2.45, 2.75) is 53.4 Å². The third-order valence-corrected chi connectivity index (χ3v) is 5.33. The van der Waals surface area contributed by atoms with Gasteiger partial charge in [-0.3, -0.25) is 9.59 Å². The quantitative estimate of drug-likeness (QED) is 0.908. The molecule has 1 aliphatic heterocycles. The Bertz CT molecular complexity index is 869. The van der Waals surface area contributed by atoms with Gasteiger partial charge in [0.15, 0.2) is 5.65 Å². The highest BCUT2D eigenvalue weighted by molar-refractivity contribution is 6.01. The number of aromatic nitrogens is 3. The average Bonchev–Trinajstić information content (AvgIpc) is 2.91. The highest BCUT2D eigenvalue weighted by atomic mass is 16.4. The van der Waals surface area contributed by atoms with Crippen LogP contribution in [0, 0.1) is 26.2 Å². The van der Waals surface area contributed by atoms with E-state index in [1.54, 1.807) is 16.3 Å². The molecular weight excluding hydrogens is 332 g/mol. The molecule has 1 N–H and O–H groups in total. The number of carbonyl (C=O) groups excluding carboxylic acids is 1. The van der Waals surface area contributed by atoms with Crippen molar-refractivity contribution in [3.63, 3.8) is 0 Å². The Morgan fingerprint density at radius 3 is 2.69 bits per heavy atom. The molecule has 2 aromatic heterocycles. The number of fused-ring (bicyclic) bond motifs is 1. The van der Waals surface area contributed by atoms with Crippen molar-refractivity contribution < 1.29 is 14.7 Å². The van der Waals surface area contributed by atoms with Crippen LogP contribution < -0.4 is 0 Å². The summed E-state index contributed by atoms with van der Waals surface area (Å²) in [4.78, 5) is 31.4. The van der Waals surface area contributed by atoms with Crippen LogP contribution >= 0.6 is 0 Å². The van der Waals surface area contributed by atoms with Crippen LogP contribution in [0.15, 0.2) is 6.07 Å². The van der Waals surface area contributed by atoms with Gasteiger partial charge in [-0.1, -0.05) is 13.3 Å². The molecule has 3 rings (SSSR count). The zero-order chi connectivity index (χ0) is 19.1. The van der Waals surface area contributed by atoms with Crippen molar-refractivity contribution in [1.82, 2.24) is 19.5 Å². The van der Waals surface area contributed by atoms with E-state index in [1.165, 1.54) is 0 Å². The van der Waals surface area contributed by atoms with Crippen molar-refractivity contribution in [2.75, 3.05) is 13.1 Å². The first kappa shape index (κ1) is 18.4. The van der Waals surface area contributed by atoms with E-state index >= 15 is 0 Å². The molecule has 7 nitrogen and oxygen atoms in total. The maximum absolute atomic E-state index is 13.3. The molecule has 0 spiro atoms. The van der Waals surface area contributed by atoms with Gasteiger partial charge in [-0.05, 0) is 46.1 Å². The topological polar surface area (TPSA) is 87.8 Å². The number of likely N-dealkylation sites (tertiary alicyclic amines) is 1. The molecular formula is C19H26N4O3. The van der Waals surface area contributed by atoms with Gasteiger partial charge in [0, 0.05) is 24.5 Å². The van der Waals surface area contributed by atoms with E-state index in [4.69, 9.17) is 0 Å². The second-order valence-electron chi connectivity index (χ2n) is 7.40. The Balaban J connectivity index is 2.00. The lowest BCUT2D eigenvalue weighted by molar-refractivity contribution is -0.152. The first-order valence-corrected chi connectivity index (χ1v) is 9.15. The van der Waals surface area contributed by atoms with Crippen molar-refractivity contribution >= 4 is 17.5 Å². The summed E-state index contributed by atoms with van der Waals surface area (Å²) in [6, 6.07) is 1.92. The number of hydrogen-bond donors (Lipinski definition) is 1. The van der Waals surface area contributed by atoms with Gasteiger partial charge in [0.2, 0.25) is 0 Å². The standard InChI is InChI=1S/C19H26N4O3/c1-5-7-19(18(25)26)8-6-9-22(11-19)17(24)15-14(4)21-23-13(3)10-12(2)20-16(15)23/h10H,5-9,11H2,1-4H3,(H,25,26)/t19-/m1/s1. The van der Waals surface area contributed by atoms with E-state index in [0.717, 1.165) is 17.8 Å². The summed E-state index contributed by atoms with van der Waals surface area (Å²) < 4.78 is 1.69. The number of hydrogen-bond acceptors (Lipinski definition) is 4. The summed E-state index contributed by atoms with van der Waals surface area (Å²) in [5, 5.41) is 14.3. The Morgan fingerprint density at radius 1 is 1.31 bits per heavy atom. The second-order valence-corrected chi connectivity index (χ2v) is 7.40. The van der Waals surface area contributed by atoms with Gasteiger partial charge in [0.05, 0.1) is 11.1 Å².